The Bertz CT molecular complexity index is 550. The molecular formula is C19H31N3O3. The molecule has 140 valence electrons. The molecule has 0 saturated carbocycles. The molecule has 0 aliphatic heterocycles. The first-order valence-electron chi connectivity index (χ1n) is 8.86. The molecule has 0 aromatic heterocycles. The van der Waals surface area contributed by atoms with E-state index in [-0.39, 0.29) is 6.42 Å². The number of urea groups is 1. The highest BCUT2D eigenvalue weighted by Crippen LogP contribution is 2.12. The second-order valence-corrected chi connectivity index (χ2v) is 7.50. The zero-order valence-electron chi connectivity index (χ0n) is 15.8. The number of rotatable bonds is 10. The van der Waals surface area contributed by atoms with Gasteiger partial charge in [-0.3, -0.25) is 0 Å². The van der Waals surface area contributed by atoms with Gasteiger partial charge in [-0.05, 0) is 30.5 Å². The number of nitrogens with one attached hydrogen (secondary N) is 2. The molecule has 2 amide bonds. The van der Waals surface area contributed by atoms with Crippen LogP contribution in [0.2, 0.25) is 0 Å². The number of carboxylic acid groups (broad SMARTS) is 1. The number of anilines is 1. The Hall–Kier alpha value is -2.08. The molecule has 0 saturated heterocycles. The van der Waals surface area contributed by atoms with E-state index in [1.54, 1.807) is 0 Å². The maximum Gasteiger partial charge on any atom is 0.319 e. The van der Waals surface area contributed by atoms with Crippen LogP contribution in [0.1, 0.15) is 38.2 Å². The van der Waals surface area contributed by atoms with Crippen LogP contribution >= 0.6 is 0 Å². The number of nitrogens with zero attached hydrogens (tertiary/aromatic N) is 1. The molecule has 6 nitrogen and oxygen atoms in total. The molecule has 0 bridgehead atoms. The van der Waals surface area contributed by atoms with Crippen LogP contribution in [0.5, 0.6) is 0 Å². The molecule has 0 aliphatic rings. The number of hydrogen-bond acceptors (Lipinski definition) is 3. The van der Waals surface area contributed by atoms with Crippen LogP contribution in [0, 0.1) is 0 Å². The van der Waals surface area contributed by atoms with Crippen molar-refractivity contribution in [2.24, 2.45) is 0 Å². The first-order chi connectivity index (χ1) is 11.7. The molecule has 1 atom stereocenters. The van der Waals surface area contributed by atoms with Crippen LogP contribution < -0.4 is 15.7 Å². The summed E-state index contributed by atoms with van der Waals surface area (Å²) in [5.41, 5.74) is 1.94. The predicted octanol–water partition coefficient (Wildman–Crippen LogP) is 1.76. The monoisotopic (exact) mass is 349 g/mol. The van der Waals surface area contributed by atoms with Crippen molar-refractivity contribution < 1.29 is 19.2 Å². The number of benzene rings is 1. The van der Waals surface area contributed by atoms with Crippen molar-refractivity contribution in [2.75, 3.05) is 33.0 Å². The fourth-order valence-corrected chi connectivity index (χ4v) is 2.71. The van der Waals surface area contributed by atoms with E-state index in [2.05, 4.69) is 17.6 Å². The summed E-state index contributed by atoms with van der Waals surface area (Å²) in [5.74, 6) is -1.17. The normalized spacial score (nSPS) is 12.5. The van der Waals surface area contributed by atoms with Crippen molar-refractivity contribution in [1.82, 2.24) is 5.32 Å². The summed E-state index contributed by atoms with van der Waals surface area (Å²) in [6.45, 7) is 2.68. The third-order valence-corrected chi connectivity index (χ3v) is 3.80. The smallest absolute Gasteiger partial charge is 0.319 e. The zero-order chi connectivity index (χ0) is 18.9. The standard InChI is InChI=1S/C19H31N3O3/c1-5-6-7-8-15-9-11-16(12-10-15)20-19(25)21-17(13-18(23)24)14-22(2,3)4/h9-12,17H,5-8,13-14H2,1-4H3,(H2-,20,21,23,24,25)/t17-/m1/s1. The van der Waals surface area contributed by atoms with Gasteiger partial charge in [-0.2, -0.15) is 0 Å². The van der Waals surface area contributed by atoms with Gasteiger partial charge in [-0.1, -0.05) is 31.9 Å². The SMILES string of the molecule is CCCCCc1ccc(NC(=O)N[C@H](CC(=O)[O-])C[N+](C)(C)C)cc1. The van der Waals surface area contributed by atoms with Gasteiger partial charge in [-0.15, -0.1) is 0 Å². The molecule has 0 spiro atoms. The molecule has 0 unspecified atom stereocenters. The van der Waals surface area contributed by atoms with Gasteiger partial charge in [0.25, 0.3) is 0 Å². The lowest BCUT2D eigenvalue weighted by atomic mass is 10.1. The number of aliphatic carboxylic acids is 1. The van der Waals surface area contributed by atoms with E-state index >= 15 is 0 Å². The molecule has 2 N–H and O–H groups in total. The third-order valence-electron chi connectivity index (χ3n) is 3.80. The van der Waals surface area contributed by atoms with Gasteiger partial charge in [0.15, 0.2) is 0 Å². The summed E-state index contributed by atoms with van der Waals surface area (Å²) >= 11 is 0. The van der Waals surface area contributed by atoms with Crippen molar-refractivity contribution in [1.29, 1.82) is 0 Å². The van der Waals surface area contributed by atoms with Crippen LogP contribution in [0.4, 0.5) is 10.5 Å². The van der Waals surface area contributed by atoms with Crippen molar-refractivity contribution in [3.8, 4) is 0 Å². The molecule has 1 rings (SSSR count). The van der Waals surface area contributed by atoms with E-state index in [9.17, 15) is 14.7 Å². The van der Waals surface area contributed by atoms with Crippen LogP contribution in [-0.4, -0.2) is 50.2 Å². The van der Waals surface area contributed by atoms with Gasteiger partial charge in [-0.25, -0.2) is 4.79 Å². The zero-order valence-corrected chi connectivity index (χ0v) is 15.8. The van der Waals surface area contributed by atoms with E-state index < -0.39 is 18.0 Å². The first kappa shape index (κ1) is 21.0. The third kappa shape index (κ3) is 9.72. The van der Waals surface area contributed by atoms with Gasteiger partial charge < -0.3 is 25.0 Å². The Balaban J connectivity index is 2.56. The van der Waals surface area contributed by atoms with Gasteiger partial charge >= 0.3 is 6.03 Å². The minimum atomic E-state index is -1.17. The Morgan fingerprint density at radius 3 is 2.28 bits per heavy atom. The van der Waals surface area contributed by atoms with Crippen LogP contribution in [0.15, 0.2) is 24.3 Å². The minimum absolute atomic E-state index is 0.209. The molecule has 1 aromatic rings. The van der Waals surface area contributed by atoms with Crippen LogP contribution in [-0.2, 0) is 11.2 Å². The van der Waals surface area contributed by atoms with Crippen molar-refractivity contribution in [2.45, 2.75) is 45.1 Å². The highest BCUT2D eigenvalue weighted by Gasteiger charge is 2.20. The van der Waals surface area contributed by atoms with E-state index in [4.69, 9.17) is 0 Å². The number of likely N-dealkylation sites (N-methyl/N-ethyl adjacent to an activating group) is 1. The lowest BCUT2D eigenvalue weighted by Gasteiger charge is -2.30. The maximum atomic E-state index is 12.1. The molecular weight excluding hydrogens is 318 g/mol. The van der Waals surface area contributed by atoms with Gasteiger partial charge in [0.1, 0.15) is 0 Å². The molecule has 0 heterocycles. The lowest BCUT2D eigenvalue weighted by molar-refractivity contribution is -0.871. The fraction of sp³-hybridized carbons (Fsp3) is 0.579. The Labute approximate surface area is 150 Å². The number of carbonyl (C=O) groups is 2. The minimum Gasteiger partial charge on any atom is -0.550 e. The molecule has 0 aliphatic carbocycles. The van der Waals surface area contributed by atoms with Crippen molar-refractivity contribution in [3.63, 3.8) is 0 Å². The Morgan fingerprint density at radius 2 is 1.76 bits per heavy atom. The second kappa shape index (κ2) is 10.0. The fourth-order valence-electron chi connectivity index (χ4n) is 2.71. The van der Waals surface area contributed by atoms with E-state index in [1.165, 1.54) is 24.8 Å². The topological polar surface area (TPSA) is 81.3 Å². The van der Waals surface area contributed by atoms with Crippen molar-refractivity contribution >= 4 is 17.7 Å². The highest BCUT2D eigenvalue weighted by atomic mass is 16.4. The maximum absolute atomic E-state index is 12.1. The molecule has 1 aromatic carbocycles. The second-order valence-electron chi connectivity index (χ2n) is 7.50. The number of aryl methyl sites for hydroxylation is 1. The summed E-state index contributed by atoms with van der Waals surface area (Å²) in [6.07, 6.45) is 4.41. The van der Waals surface area contributed by atoms with E-state index in [0.717, 1.165) is 6.42 Å². The van der Waals surface area contributed by atoms with Gasteiger partial charge in [0.05, 0.1) is 33.7 Å². The summed E-state index contributed by atoms with van der Waals surface area (Å²) in [6, 6.07) is 6.87. The van der Waals surface area contributed by atoms with Crippen LogP contribution in [0.25, 0.3) is 0 Å². The predicted molar refractivity (Wildman–Crippen MR) is 98.1 cm³/mol. The van der Waals surface area contributed by atoms with Gasteiger partial charge in [0.2, 0.25) is 0 Å². The average Bonchev–Trinajstić information content (AvgIpc) is 2.46. The van der Waals surface area contributed by atoms with E-state index in [0.29, 0.717) is 16.7 Å². The lowest BCUT2D eigenvalue weighted by Crippen LogP contribution is -2.51. The van der Waals surface area contributed by atoms with Gasteiger partial charge in [0, 0.05) is 18.1 Å². The Morgan fingerprint density at radius 1 is 1.12 bits per heavy atom. The average molecular weight is 349 g/mol. The number of unbranched alkanes of at least 4 members (excludes halogenated alkanes) is 2. The largest absolute Gasteiger partial charge is 0.550 e. The summed E-state index contributed by atoms with van der Waals surface area (Å²) in [7, 11) is 5.83. The summed E-state index contributed by atoms with van der Waals surface area (Å²) < 4.78 is 0.546. The van der Waals surface area contributed by atoms with E-state index in [1.807, 2.05) is 45.4 Å². The Kier molecular flexibility index (Phi) is 8.41. The molecule has 25 heavy (non-hydrogen) atoms. The molecule has 6 heteroatoms. The van der Waals surface area contributed by atoms with Crippen molar-refractivity contribution in [3.05, 3.63) is 29.8 Å². The number of hydrogen-bond donors (Lipinski definition) is 2. The number of amides is 2. The van der Waals surface area contributed by atoms with Crippen LogP contribution in [0.3, 0.4) is 0 Å². The number of carboxylic acids is 1. The number of carbonyl (C=O) groups excluding carboxylic acids is 2. The first-order valence-corrected chi connectivity index (χ1v) is 8.86. The molecule has 0 radical (unpaired) electrons. The summed E-state index contributed by atoms with van der Waals surface area (Å²) in [4.78, 5) is 23.0. The quantitative estimate of drug-likeness (QED) is 0.499. The summed E-state index contributed by atoms with van der Waals surface area (Å²) in [5, 5.41) is 16.4. The number of quaternary nitrogens is 1. The molecule has 0 fully saturated rings. The highest BCUT2D eigenvalue weighted by molar-refractivity contribution is 5.89.